The number of nitrogens with zero attached hydrogens (tertiary/aromatic N) is 2. The first-order valence-electron chi connectivity index (χ1n) is 5.88. The van der Waals surface area contributed by atoms with E-state index in [4.69, 9.17) is 5.14 Å². The van der Waals surface area contributed by atoms with Gasteiger partial charge in [-0.3, -0.25) is 0 Å². The van der Waals surface area contributed by atoms with E-state index in [2.05, 4.69) is 9.97 Å². The molecule has 0 bridgehead atoms. The van der Waals surface area contributed by atoms with Crippen LogP contribution in [0, 0.1) is 6.92 Å². The maximum Gasteiger partial charge on any atom is 0.238 e. The van der Waals surface area contributed by atoms with E-state index in [9.17, 15) is 8.42 Å². The largest absolute Gasteiger partial charge is 0.244 e. The summed E-state index contributed by atoms with van der Waals surface area (Å²) in [6.45, 7) is 5.83. The predicted molar refractivity (Wildman–Crippen MR) is 74.9 cm³/mol. The van der Waals surface area contributed by atoms with Gasteiger partial charge in [0.05, 0.1) is 4.90 Å². The van der Waals surface area contributed by atoms with Crippen LogP contribution in [0.2, 0.25) is 0 Å². The fraction of sp³-hybridized carbons (Fsp3) is 0.231. The molecule has 0 amide bonds. The third-order valence-corrected chi connectivity index (χ3v) is 3.30. The molecule has 1 heterocycles. The quantitative estimate of drug-likeness (QED) is 0.912. The van der Waals surface area contributed by atoms with Gasteiger partial charge in [-0.2, -0.15) is 0 Å². The molecule has 0 radical (unpaired) electrons. The van der Waals surface area contributed by atoms with Gasteiger partial charge in [0.2, 0.25) is 10.0 Å². The van der Waals surface area contributed by atoms with Crippen molar-refractivity contribution in [3.63, 3.8) is 0 Å². The van der Waals surface area contributed by atoms with Crippen LogP contribution in [-0.2, 0) is 10.0 Å². The summed E-state index contributed by atoms with van der Waals surface area (Å²) in [6, 6.07) is 6.40. The molecule has 2 aromatic rings. The molecule has 5 nitrogen and oxygen atoms in total. The average molecular weight is 279 g/mol. The van der Waals surface area contributed by atoms with Crippen molar-refractivity contribution in [1.82, 2.24) is 9.97 Å². The SMILES string of the molecule is CC.Cc1ncncc1-c1cccc(S(N)(=O)=O)c1. The molecule has 0 unspecified atom stereocenters. The van der Waals surface area contributed by atoms with Gasteiger partial charge >= 0.3 is 0 Å². The highest BCUT2D eigenvalue weighted by Crippen LogP contribution is 2.22. The molecule has 6 heteroatoms. The molecule has 0 aliphatic carbocycles. The number of aryl methyl sites for hydroxylation is 1. The number of primary sulfonamides is 1. The zero-order valence-corrected chi connectivity index (χ0v) is 12.0. The van der Waals surface area contributed by atoms with Crippen LogP contribution in [0.1, 0.15) is 19.5 Å². The standard InChI is InChI=1S/C11H11N3O2S.C2H6/c1-8-11(6-13-7-14-8)9-3-2-4-10(5-9)17(12,15)16;1-2/h2-7H,1H3,(H2,12,15,16);1-2H3. The summed E-state index contributed by atoms with van der Waals surface area (Å²) in [4.78, 5) is 8.06. The highest BCUT2D eigenvalue weighted by molar-refractivity contribution is 7.89. The Kier molecular flexibility index (Phi) is 5.14. The Balaban J connectivity index is 0.000000861. The van der Waals surface area contributed by atoms with Gasteiger partial charge in [-0.25, -0.2) is 23.5 Å². The third kappa shape index (κ3) is 3.84. The summed E-state index contributed by atoms with van der Waals surface area (Å²) in [6.07, 6.45) is 3.09. The van der Waals surface area contributed by atoms with Crippen LogP contribution < -0.4 is 5.14 Å². The summed E-state index contributed by atoms with van der Waals surface area (Å²) >= 11 is 0. The highest BCUT2D eigenvalue weighted by atomic mass is 32.2. The molecule has 1 aromatic heterocycles. The van der Waals surface area contributed by atoms with E-state index in [1.165, 1.54) is 18.5 Å². The number of hydrogen-bond acceptors (Lipinski definition) is 4. The lowest BCUT2D eigenvalue weighted by molar-refractivity contribution is 0.598. The number of nitrogens with two attached hydrogens (primary N) is 1. The second kappa shape index (κ2) is 6.40. The predicted octanol–water partition coefficient (Wildman–Crippen LogP) is 2.13. The second-order valence-electron chi connectivity index (χ2n) is 3.59. The minimum Gasteiger partial charge on any atom is -0.244 e. The zero-order chi connectivity index (χ0) is 14.5. The van der Waals surface area contributed by atoms with Crippen molar-refractivity contribution in [2.24, 2.45) is 5.14 Å². The van der Waals surface area contributed by atoms with Gasteiger partial charge in [0, 0.05) is 17.5 Å². The van der Waals surface area contributed by atoms with Crippen molar-refractivity contribution < 1.29 is 8.42 Å². The third-order valence-electron chi connectivity index (χ3n) is 2.39. The Labute approximate surface area is 113 Å². The Morgan fingerprint density at radius 2 is 1.89 bits per heavy atom. The average Bonchev–Trinajstić information content (AvgIpc) is 2.41. The van der Waals surface area contributed by atoms with E-state index in [0.717, 1.165) is 16.8 Å². The number of hydrogen-bond donors (Lipinski definition) is 1. The lowest BCUT2D eigenvalue weighted by Crippen LogP contribution is -2.12. The van der Waals surface area contributed by atoms with Crippen molar-refractivity contribution in [3.05, 3.63) is 42.5 Å². The first-order chi connectivity index (χ1) is 8.98. The summed E-state index contributed by atoms with van der Waals surface area (Å²) < 4.78 is 22.5. The minimum atomic E-state index is -3.69. The van der Waals surface area contributed by atoms with Gasteiger partial charge in [0.25, 0.3) is 0 Å². The Morgan fingerprint density at radius 3 is 2.47 bits per heavy atom. The molecule has 0 aliphatic rings. The monoisotopic (exact) mass is 279 g/mol. The number of rotatable bonds is 2. The normalized spacial score (nSPS) is 10.5. The lowest BCUT2D eigenvalue weighted by atomic mass is 10.1. The van der Waals surface area contributed by atoms with Crippen molar-refractivity contribution in [2.45, 2.75) is 25.7 Å². The fourth-order valence-electron chi connectivity index (χ4n) is 1.51. The van der Waals surface area contributed by atoms with Crippen LogP contribution in [-0.4, -0.2) is 18.4 Å². The molecule has 0 fully saturated rings. The van der Waals surface area contributed by atoms with Gasteiger partial charge in [-0.1, -0.05) is 26.0 Å². The van der Waals surface area contributed by atoms with E-state index in [-0.39, 0.29) is 4.90 Å². The van der Waals surface area contributed by atoms with Crippen molar-refractivity contribution in [2.75, 3.05) is 0 Å². The number of aromatic nitrogens is 2. The number of sulfonamides is 1. The van der Waals surface area contributed by atoms with Crippen LogP contribution in [0.3, 0.4) is 0 Å². The molecular weight excluding hydrogens is 262 g/mol. The van der Waals surface area contributed by atoms with E-state index in [1.807, 2.05) is 20.8 Å². The summed E-state index contributed by atoms with van der Waals surface area (Å²) in [5.74, 6) is 0. The van der Waals surface area contributed by atoms with E-state index < -0.39 is 10.0 Å². The Hall–Kier alpha value is -1.79. The molecule has 0 aliphatic heterocycles. The topological polar surface area (TPSA) is 85.9 Å². The maximum atomic E-state index is 11.2. The first kappa shape index (κ1) is 15.3. The molecule has 1 aromatic carbocycles. The molecule has 2 N–H and O–H groups in total. The van der Waals surface area contributed by atoms with E-state index in [1.54, 1.807) is 18.3 Å². The molecule has 0 spiro atoms. The summed E-state index contributed by atoms with van der Waals surface area (Å²) in [5, 5.41) is 5.08. The first-order valence-corrected chi connectivity index (χ1v) is 7.43. The van der Waals surface area contributed by atoms with Gasteiger partial charge < -0.3 is 0 Å². The van der Waals surface area contributed by atoms with E-state index >= 15 is 0 Å². The van der Waals surface area contributed by atoms with Gasteiger partial charge in [0.15, 0.2) is 0 Å². The summed E-state index contributed by atoms with van der Waals surface area (Å²) in [5.41, 5.74) is 2.30. The molecule has 19 heavy (non-hydrogen) atoms. The van der Waals surface area contributed by atoms with Crippen LogP contribution in [0.25, 0.3) is 11.1 Å². The van der Waals surface area contributed by atoms with Gasteiger partial charge in [-0.15, -0.1) is 0 Å². The van der Waals surface area contributed by atoms with Crippen LogP contribution >= 0.6 is 0 Å². The molecule has 0 saturated heterocycles. The molecule has 0 saturated carbocycles. The highest BCUT2D eigenvalue weighted by Gasteiger charge is 2.10. The smallest absolute Gasteiger partial charge is 0.238 e. The summed E-state index contributed by atoms with van der Waals surface area (Å²) in [7, 11) is -3.69. The van der Waals surface area contributed by atoms with Crippen LogP contribution in [0.15, 0.2) is 41.7 Å². The molecule has 102 valence electrons. The minimum absolute atomic E-state index is 0.0817. The molecule has 2 rings (SSSR count). The van der Waals surface area contributed by atoms with E-state index in [0.29, 0.717) is 0 Å². The maximum absolute atomic E-state index is 11.2. The van der Waals surface area contributed by atoms with Gasteiger partial charge in [-0.05, 0) is 24.6 Å². The van der Waals surface area contributed by atoms with Crippen LogP contribution in [0.4, 0.5) is 0 Å². The lowest BCUT2D eigenvalue weighted by Gasteiger charge is -2.05. The van der Waals surface area contributed by atoms with Crippen molar-refractivity contribution in [1.29, 1.82) is 0 Å². The molecular formula is C13H17N3O2S. The fourth-order valence-corrected chi connectivity index (χ4v) is 2.07. The van der Waals surface area contributed by atoms with Crippen LogP contribution in [0.5, 0.6) is 0 Å². The number of benzene rings is 1. The Morgan fingerprint density at radius 1 is 1.21 bits per heavy atom. The molecule has 0 atom stereocenters. The van der Waals surface area contributed by atoms with Gasteiger partial charge in [0.1, 0.15) is 6.33 Å². The van der Waals surface area contributed by atoms with Crippen molar-refractivity contribution >= 4 is 10.0 Å². The Bertz CT molecular complexity index is 654. The zero-order valence-electron chi connectivity index (χ0n) is 11.2. The second-order valence-corrected chi connectivity index (χ2v) is 5.16. The van der Waals surface area contributed by atoms with Crippen molar-refractivity contribution in [3.8, 4) is 11.1 Å².